The van der Waals surface area contributed by atoms with Crippen molar-refractivity contribution in [1.29, 1.82) is 0 Å². The van der Waals surface area contributed by atoms with Gasteiger partial charge in [-0.2, -0.15) is 0 Å². The maximum Gasteiger partial charge on any atom is 0.341 e. The molecule has 13 heavy (non-hydrogen) atoms. The third-order valence-electron chi connectivity index (χ3n) is 1.60. The summed E-state index contributed by atoms with van der Waals surface area (Å²) in [5, 5.41) is 5.95. The van der Waals surface area contributed by atoms with E-state index in [-0.39, 0.29) is 5.69 Å². The molecule has 6 heteroatoms. The van der Waals surface area contributed by atoms with Crippen LogP contribution in [0.4, 0.5) is 0 Å². The maximum absolute atomic E-state index is 10.7. The van der Waals surface area contributed by atoms with E-state index in [9.17, 15) is 4.79 Å². The second-order valence-electron chi connectivity index (χ2n) is 2.50. The van der Waals surface area contributed by atoms with Gasteiger partial charge < -0.3 is 10.2 Å². The highest BCUT2D eigenvalue weighted by Gasteiger charge is 2.06. The molecule has 2 aromatic heterocycles. The Morgan fingerprint density at radius 1 is 1.54 bits per heavy atom. The predicted molar refractivity (Wildman–Crippen MR) is 44.8 cm³/mol. The molecule has 0 aliphatic heterocycles. The molecule has 0 aliphatic carbocycles. The number of furan rings is 1. The molecule has 0 unspecified atom stereocenters. The molecule has 0 spiro atoms. The van der Waals surface area contributed by atoms with Crippen molar-refractivity contribution < 1.29 is 4.42 Å². The Morgan fingerprint density at radius 2 is 2.38 bits per heavy atom. The summed E-state index contributed by atoms with van der Waals surface area (Å²) in [6.45, 7) is 0.328. The number of H-pyrrole nitrogens is 2. The number of aromatic amines is 2. The average molecular weight is 180 g/mol. The molecule has 0 aromatic carbocycles. The topological polar surface area (TPSA) is 101 Å². The van der Waals surface area contributed by atoms with Gasteiger partial charge in [0, 0.05) is 0 Å². The van der Waals surface area contributed by atoms with E-state index in [2.05, 4.69) is 15.2 Å². The zero-order chi connectivity index (χ0) is 9.26. The molecule has 68 valence electrons. The van der Waals surface area contributed by atoms with E-state index >= 15 is 0 Å². The minimum atomic E-state index is -0.360. The Balaban J connectivity index is 2.40. The van der Waals surface area contributed by atoms with E-state index in [1.807, 2.05) is 0 Å². The van der Waals surface area contributed by atoms with Gasteiger partial charge in [-0.25, -0.2) is 9.89 Å². The zero-order valence-electron chi connectivity index (χ0n) is 6.70. The van der Waals surface area contributed by atoms with Crippen molar-refractivity contribution in [2.75, 3.05) is 0 Å². The first-order chi connectivity index (χ1) is 6.29. The number of nitrogens with two attached hydrogens (primary N) is 1. The van der Waals surface area contributed by atoms with E-state index < -0.39 is 0 Å². The summed E-state index contributed by atoms with van der Waals surface area (Å²) < 4.78 is 5.25. The fraction of sp³-hybridized carbons (Fsp3) is 0.143. The Kier molecular flexibility index (Phi) is 1.75. The summed E-state index contributed by atoms with van der Waals surface area (Å²) >= 11 is 0. The van der Waals surface area contributed by atoms with Gasteiger partial charge >= 0.3 is 5.69 Å². The molecule has 0 saturated carbocycles. The van der Waals surface area contributed by atoms with E-state index in [4.69, 9.17) is 10.2 Å². The van der Waals surface area contributed by atoms with Crippen molar-refractivity contribution in [3.8, 4) is 11.6 Å². The molecule has 2 aromatic rings. The van der Waals surface area contributed by atoms with Crippen molar-refractivity contribution in [2.24, 2.45) is 5.73 Å². The van der Waals surface area contributed by atoms with Crippen molar-refractivity contribution in [1.82, 2.24) is 15.2 Å². The van der Waals surface area contributed by atoms with Crippen LogP contribution < -0.4 is 11.4 Å². The number of rotatable bonds is 2. The maximum atomic E-state index is 10.7. The first kappa shape index (κ1) is 7.81. The lowest BCUT2D eigenvalue weighted by Crippen LogP contribution is -2.00. The van der Waals surface area contributed by atoms with Crippen LogP contribution in [0.3, 0.4) is 0 Å². The van der Waals surface area contributed by atoms with Gasteiger partial charge in [0.05, 0.1) is 6.54 Å². The van der Waals surface area contributed by atoms with Gasteiger partial charge in [0.2, 0.25) is 0 Å². The van der Waals surface area contributed by atoms with E-state index in [0.717, 1.165) is 0 Å². The molecule has 0 radical (unpaired) electrons. The number of nitrogens with zero attached hydrogens (tertiary/aromatic N) is 1. The molecule has 0 saturated heterocycles. The van der Waals surface area contributed by atoms with Crippen LogP contribution in [0.1, 0.15) is 5.76 Å². The third-order valence-corrected chi connectivity index (χ3v) is 1.60. The minimum absolute atomic E-state index is 0.328. The van der Waals surface area contributed by atoms with Crippen LogP contribution in [0.5, 0.6) is 0 Å². The quantitative estimate of drug-likeness (QED) is 0.596. The second-order valence-corrected chi connectivity index (χ2v) is 2.50. The predicted octanol–water partition coefficient (Wildman–Crippen LogP) is -0.183. The number of nitrogens with one attached hydrogen (secondary N) is 2. The molecule has 0 aliphatic rings. The lowest BCUT2D eigenvalue weighted by atomic mass is 10.4. The summed E-state index contributed by atoms with van der Waals surface area (Å²) in [5.41, 5.74) is 4.99. The molecule has 0 bridgehead atoms. The van der Waals surface area contributed by atoms with Crippen LogP contribution >= 0.6 is 0 Å². The van der Waals surface area contributed by atoms with Crippen molar-refractivity contribution in [3.05, 3.63) is 28.4 Å². The SMILES string of the molecule is NCc1ccc(-c2n[nH]c(=O)[nH]2)o1. The van der Waals surface area contributed by atoms with Crippen LogP contribution in [0.2, 0.25) is 0 Å². The first-order valence-electron chi connectivity index (χ1n) is 3.73. The van der Waals surface area contributed by atoms with E-state index in [1.54, 1.807) is 12.1 Å². The molecule has 2 rings (SSSR count). The summed E-state index contributed by atoms with van der Waals surface area (Å²) in [6, 6.07) is 3.44. The molecular weight excluding hydrogens is 172 g/mol. The second kappa shape index (κ2) is 2.91. The highest BCUT2D eigenvalue weighted by atomic mass is 16.3. The standard InChI is InChI=1S/C7H8N4O2/c8-3-4-1-2-5(13-4)6-9-7(12)11-10-6/h1-2H,3,8H2,(H2,9,10,11,12). The number of aromatic nitrogens is 3. The molecular formula is C7H8N4O2. The van der Waals surface area contributed by atoms with Gasteiger partial charge in [0.15, 0.2) is 11.6 Å². The van der Waals surface area contributed by atoms with Gasteiger partial charge in [-0.05, 0) is 12.1 Å². The van der Waals surface area contributed by atoms with Crippen molar-refractivity contribution in [2.45, 2.75) is 6.54 Å². The van der Waals surface area contributed by atoms with Crippen molar-refractivity contribution >= 4 is 0 Å². The van der Waals surface area contributed by atoms with Gasteiger partial charge in [-0.3, -0.25) is 4.98 Å². The van der Waals surface area contributed by atoms with Crippen LogP contribution in [0.25, 0.3) is 11.6 Å². The highest BCUT2D eigenvalue weighted by Crippen LogP contribution is 2.15. The van der Waals surface area contributed by atoms with Gasteiger partial charge in [-0.1, -0.05) is 0 Å². The molecule has 4 N–H and O–H groups in total. The number of hydrogen-bond donors (Lipinski definition) is 3. The van der Waals surface area contributed by atoms with E-state index in [1.165, 1.54) is 0 Å². The van der Waals surface area contributed by atoms with Crippen LogP contribution in [0.15, 0.2) is 21.3 Å². The van der Waals surface area contributed by atoms with Crippen LogP contribution in [-0.2, 0) is 6.54 Å². The lowest BCUT2D eigenvalue weighted by Gasteiger charge is -1.88. The Bertz CT molecular complexity index is 453. The monoisotopic (exact) mass is 180 g/mol. The lowest BCUT2D eigenvalue weighted by molar-refractivity contribution is 0.522. The summed E-state index contributed by atoms with van der Waals surface area (Å²) in [5.74, 6) is 1.53. The minimum Gasteiger partial charge on any atom is -0.456 e. The molecule has 0 fully saturated rings. The van der Waals surface area contributed by atoms with Crippen LogP contribution in [-0.4, -0.2) is 15.2 Å². The summed E-state index contributed by atoms with van der Waals surface area (Å²) in [7, 11) is 0. The van der Waals surface area contributed by atoms with Gasteiger partial charge in [0.1, 0.15) is 5.76 Å². The largest absolute Gasteiger partial charge is 0.456 e. The smallest absolute Gasteiger partial charge is 0.341 e. The Morgan fingerprint density at radius 3 is 2.92 bits per heavy atom. The average Bonchev–Trinajstić information content (AvgIpc) is 2.71. The van der Waals surface area contributed by atoms with Gasteiger partial charge in [-0.15, -0.1) is 5.10 Å². The first-order valence-corrected chi connectivity index (χ1v) is 3.73. The fourth-order valence-corrected chi connectivity index (χ4v) is 1.00. The fourth-order valence-electron chi connectivity index (χ4n) is 1.00. The van der Waals surface area contributed by atoms with E-state index in [0.29, 0.717) is 23.9 Å². The zero-order valence-corrected chi connectivity index (χ0v) is 6.70. The van der Waals surface area contributed by atoms with Crippen LogP contribution in [0, 0.1) is 0 Å². The number of hydrogen-bond acceptors (Lipinski definition) is 4. The molecule has 0 amide bonds. The van der Waals surface area contributed by atoms with Crippen molar-refractivity contribution in [3.63, 3.8) is 0 Å². The summed E-state index contributed by atoms with van der Waals surface area (Å²) in [6.07, 6.45) is 0. The molecule has 2 heterocycles. The third kappa shape index (κ3) is 1.38. The normalized spacial score (nSPS) is 10.5. The Labute approximate surface area is 72.8 Å². The molecule has 6 nitrogen and oxygen atoms in total. The summed E-state index contributed by atoms with van der Waals surface area (Å²) in [4.78, 5) is 13.2. The highest BCUT2D eigenvalue weighted by molar-refractivity contribution is 5.45. The Hall–Kier alpha value is -1.82. The molecule has 0 atom stereocenters. The van der Waals surface area contributed by atoms with Gasteiger partial charge in [0.25, 0.3) is 0 Å².